The van der Waals surface area contributed by atoms with E-state index >= 15 is 0 Å². The molecule has 2 heterocycles. The first kappa shape index (κ1) is 19.1. The quantitative estimate of drug-likeness (QED) is 0.829. The Bertz CT molecular complexity index is 643. The second-order valence-corrected chi connectivity index (χ2v) is 5.14. The molecule has 3 rings (SSSR count). The molecule has 0 aliphatic carbocycles. The van der Waals surface area contributed by atoms with Crippen molar-refractivity contribution in [2.24, 2.45) is 0 Å². The van der Waals surface area contributed by atoms with Crippen molar-refractivity contribution in [2.45, 2.75) is 12.8 Å². The topological polar surface area (TPSA) is 71.2 Å². The van der Waals surface area contributed by atoms with Gasteiger partial charge in [0.05, 0.1) is 17.4 Å². The zero-order valence-electron chi connectivity index (χ0n) is 12.6. The van der Waals surface area contributed by atoms with Crippen LogP contribution >= 0.6 is 24.8 Å². The van der Waals surface area contributed by atoms with Gasteiger partial charge in [0, 0.05) is 18.8 Å². The number of para-hydroxylation sites is 1. The van der Waals surface area contributed by atoms with Gasteiger partial charge in [-0.3, -0.25) is 4.79 Å². The van der Waals surface area contributed by atoms with Gasteiger partial charge < -0.3 is 16.0 Å². The Kier molecular flexibility index (Phi) is 7.13. The molecule has 1 amide bonds. The van der Waals surface area contributed by atoms with Crippen LogP contribution in [-0.4, -0.2) is 24.0 Å². The second kappa shape index (κ2) is 8.60. The molecule has 3 N–H and O–H groups in total. The van der Waals surface area contributed by atoms with E-state index in [1.165, 1.54) is 12.8 Å². The van der Waals surface area contributed by atoms with Gasteiger partial charge in [-0.25, -0.2) is 4.98 Å². The number of aromatic nitrogens is 1. The van der Waals surface area contributed by atoms with Crippen LogP contribution in [0.5, 0.6) is 0 Å². The number of hydrogen-bond acceptors (Lipinski definition) is 4. The van der Waals surface area contributed by atoms with E-state index in [0.717, 1.165) is 18.9 Å². The van der Waals surface area contributed by atoms with Crippen LogP contribution in [0.15, 0.2) is 42.6 Å². The predicted molar refractivity (Wildman–Crippen MR) is 99.0 cm³/mol. The van der Waals surface area contributed by atoms with E-state index in [1.807, 2.05) is 12.1 Å². The monoisotopic (exact) mass is 354 g/mol. The number of nitrogens with two attached hydrogens (primary N) is 1. The maximum atomic E-state index is 12.1. The zero-order valence-corrected chi connectivity index (χ0v) is 14.2. The lowest BCUT2D eigenvalue weighted by Crippen LogP contribution is -2.19. The number of anilines is 3. The van der Waals surface area contributed by atoms with Crippen LogP contribution in [0, 0.1) is 0 Å². The minimum atomic E-state index is -0.219. The van der Waals surface area contributed by atoms with E-state index < -0.39 is 0 Å². The number of rotatable bonds is 3. The minimum Gasteiger partial charge on any atom is -0.398 e. The fourth-order valence-corrected chi connectivity index (χ4v) is 2.50. The highest BCUT2D eigenvalue weighted by Gasteiger charge is 2.14. The summed E-state index contributed by atoms with van der Waals surface area (Å²) in [6.07, 6.45) is 4.12. The summed E-state index contributed by atoms with van der Waals surface area (Å²) in [5.74, 6) is 0.744. The van der Waals surface area contributed by atoms with Gasteiger partial charge in [-0.05, 0) is 37.1 Å². The summed E-state index contributed by atoms with van der Waals surface area (Å²) in [6, 6.07) is 10.8. The van der Waals surface area contributed by atoms with E-state index in [9.17, 15) is 4.79 Å². The van der Waals surface area contributed by atoms with E-state index in [-0.39, 0.29) is 30.7 Å². The summed E-state index contributed by atoms with van der Waals surface area (Å²) in [5.41, 5.74) is 7.41. The number of nitrogens with zero attached hydrogens (tertiary/aromatic N) is 2. The van der Waals surface area contributed by atoms with E-state index in [1.54, 1.807) is 30.5 Å². The molecule has 0 spiro atoms. The molecule has 1 saturated heterocycles. The highest BCUT2D eigenvalue weighted by Crippen LogP contribution is 2.20. The number of hydrogen-bond donors (Lipinski definition) is 2. The number of pyridine rings is 1. The first-order chi connectivity index (χ1) is 10.2. The van der Waals surface area contributed by atoms with Crippen molar-refractivity contribution in [3.8, 4) is 0 Å². The van der Waals surface area contributed by atoms with E-state index in [2.05, 4.69) is 15.2 Å². The fraction of sp³-hybridized carbons (Fsp3) is 0.250. The Morgan fingerprint density at radius 2 is 1.78 bits per heavy atom. The molecule has 2 aromatic rings. The van der Waals surface area contributed by atoms with Crippen LogP contribution in [0.25, 0.3) is 0 Å². The van der Waals surface area contributed by atoms with Gasteiger partial charge in [0.15, 0.2) is 0 Å². The number of nitrogen functional groups attached to an aromatic ring is 1. The molecule has 0 bridgehead atoms. The molecule has 1 aliphatic heterocycles. The Morgan fingerprint density at radius 3 is 2.39 bits per heavy atom. The standard InChI is InChI=1S/C16H18N4O.2ClH/c17-14-6-2-1-5-13(14)16(21)19-12-7-8-15(18-11-12)20-9-3-4-10-20;;/h1-2,5-8,11H,3-4,9-10,17H2,(H,19,21);2*1H. The third-order valence-corrected chi connectivity index (χ3v) is 3.64. The van der Waals surface area contributed by atoms with Crippen LogP contribution in [0.3, 0.4) is 0 Å². The lowest BCUT2D eigenvalue weighted by Gasteiger charge is -2.16. The molecule has 0 radical (unpaired) electrons. The van der Waals surface area contributed by atoms with Crippen LogP contribution < -0.4 is 16.0 Å². The Morgan fingerprint density at radius 1 is 1.09 bits per heavy atom. The molecule has 1 aromatic carbocycles. The number of halogens is 2. The van der Waals surface area contributed by atoms with Crippen molar-refractivity contribution in [3.63, 3.8) is 0 Å². The average molecular weight is 355 g/mol. The molecule has 1 aliphatic rings. The summed E-state index contributed by atoms with van der Waals surface area (Å²) >= 11 is 0. The van der Waals surface area contributed by atoms with E-state index in [4.69, 9.17) is 5.73 Å². The van der Waals surface area contributed by atoms with Gasteiger partial charge in [0.2, 0.25) is 0 Å². The lowest BCUT2D eigenvalue weighted by atomic mass is 10.1. The van der Waals surface area contributed by atoms with Gasteiger partial charge in [-0.2, -0.15) is 0 Å². The molecule has 1 fully saturated rings. The smallest absolute Gasteiger partial charge is 0.257 e. The summed E-state index contributed by atoms with van der Waals surface area (Å²) in [5, 5.41) is 2.82. The number of benzene rings is 1. The van der Waals surface area contributed by atoms with Crippen molar-refractivity contribution in [3.05, 3.63) is 48.2 Å². The Labute approximate surface area is 148 Å². The minimum absolute atomic E-state index is 0. The molecule has 23 heavy (non-hydrogen) atoms. The molecule has 0 atom stereocenters. The summed E-state index contributed by atoms with van der Waals surface area (Å²) < 4.78 is 0. The number of amides is 1. The number of carbonyl (C=O) groups is 1. The van der Waals surface area contributed by atoms with Gasteiger partial charge in [-0.15, -0.1) is 24.8 Å². The van der Waals surface area contributed by atoms with Crippen molar-refractivity contribution in [1.29, 1.82) is 0 Å². The summed E-state index contributed by atoms with van der Waals surface area (Å²) in [7, 11) is 0. The Hall–Kier alpha value is -1.98. The zero-order chi connectivity index (χ0) is 14.7. The van der Waals surface area contributed by atoms with Crippen LogP contribution in [-0.2, 0) is 0 Å². The van der Waals surface area contributed by atoms with Crippen molar-refractivity contribution >= 4 is 47.9 Å². The molecule has 0 saturated carbocycles. The number of nitrogens with one attached hydrogen (secondary N) is 1. The molecule has 124 valence electrons. The highest BCUT2D eigenvalue weighted by molar-refractivity contribution is 6.07. The third kappa shape index (κ3) is 4.50. The number of carbonyl (C=O) groups excluding carboxylic acids is 1. The van der Waals surface area contributed by atoms with Gasteiger partial charge >= 0.3 is 0 Å². The van der Waals surface area contributed by atoms with Gasteiger partial charge in [-0.1, -0.05) is 12.1 Å². The SMILES string of the molecule is Cl.Cl.Nc1ccccc1C(=O)Nc1ccc(N2CCCC2)nc1. The van der Waals surface area contributed by atoms with E-state index in [0.29, 0.717) is 16.9 Å². The van der Waals surface area contributed by atoms with Crippen LogP contribution in [0.1, 0.15) is 23.2 Å². The predicted octanol–water partition coefficient (Wildman–Crippen LogP) is 3.36. The average Bonchev–Trinajstić information content (AvgIpc) is 3.02. The van der Waals surface area contributed by atoms with Crippen LogP contribution in [0.4, 0.5) is 17.2 Å². The van der Waals surface area contributed by atoms with Gasteiger partial charge in [0.25, 0.3) is 5.91 Å². The summed E-state index contributed by atoms with van der Waals surface area (Å²) in [6.45, 7) is 2.11. The second-order valence-electron chi connectivity index (χ2n) is 5.14. The maximum Gasteiger partial charge on any atom is 0.257 e. The highest BCUT2D eigenvalue weighted by atomic mass is 35.5. The largest absolute Gasteiger partial charge is 0.398 e. The molecule has 7 heteroatoms. The first-order valence-electron chi connectivity index (χ1n) is 7.11. The molecular weight excluding hydrogens is 335 g/mol. The van der Waals surface area contributed by atoms with Crippen molar-refractivity contribution in [1.82, 2.24) is 4.98 Å². The third-order valence-electron chi connectivity index (χ3n) is 3.64. The van der Waals surface area contributed by atoms with Gasteiger partial charge in [0.1, 0.15) is 5.82 Å². The molecule has 1 aromatic heterocycles. The van der Waals surface area contributed by atoms with Crippen LogP contribution in [0.2, 0.25) is 0 Å². The molecule has 5 nitrogen and oxygen atoms in total. The normalized spacial score (nSPS) is 13.0. The Balaban J connectivity index is 0.00000132. The molecular formula is C16H20Cl2N4O. The maximum absolute atomic E-state index is 12.1. The van der Waals surface area contributed by atoms with Crippen molar-refractivity contribution < 1.29 is 4.79 Å². The summed E-state index contributed by atoms with van der Waals surface area (Å²) in [4.78, 5) is 18.8. The first-order valence-corrected chi connectivity index (χ1v) is 7.11. The fourth-order valence-electron chi connectivity index (χ4n) is 2.50. The molecule has 0 unspecified atom stereocenters. The lowest BCUT2D eigenvalue weighted by molar-refractivity contribution is 0.102. The van der Waals surface area contributed by atoms with Crippen molar-refractivity contribution in [2.75, 3.05) is 29.0 Å².